The van der Waals surface area contributed by atoms with Crippen LogP contribution in [-0.4, -0.2) is 72.1 Å². The van der Waals surface area contributed by atoms with Gasteiger partial charge in [-0.1, -0.05) is 0 Å². The summed E-state index contributed by atoms with van der Waals surface area (Å²) in [5.74, 6) is 1.54. The van der Waals surface area contributed by atoms with Crippen LogP contribution in [0, 0.1) is 0 Å². The van der Waals surface area contributed by atoms with Gasteiger partial charge in [-0.15, -0.1) is 0 Å². The minimum atomic E-state index is -0.194. The molecule has 1 aromatic heterocycles. The summed E-state index contributed by atoms with van der Waals surface area (Å²) in [5.41, 5.74) is 7.49. The topological polar surface area (TPSA) is 104 Å². The molecule has 10 heteroatoms. The number of aromatic nitrogens is 2. The zero-order valence-corrected chi connectivity index (χ0v) is 19.9. The number of carbonyl (C=O) groups excluding carboxylic acids is 1. The molecule has 5 rings (SSSR count). The van der Waals surface area contributed by atoms with E-state index in [0.717, 1.165) is 69.0 Å². The molecule has 4 unspecified atom stereocenters. The standard InChI is InChI=1S/C23H37N7O3/c1-14-10-21(28-27-14)25-20-13-18(19-8-5-9-33-19)24-22(26-20)29(2)17-11-15-6-4-7-16(12-17)30(15)23(31)32-3/h13-17,19,21,27-28H,4-12H2,1-3H3,(H,24,25,26)/t14?,15-,16+,17?,19?,21?. The fraction of sp³-hybridized carbons (Fsp3) is 0.783. The molecule has 4 aliphatic rings. The fourth-order valence-electron chi connectivity index (χ4n) is 5.88. The van der Waals surface area contributed by atoms with Crippen LogP contribution in [0.3, 0.4) is 0 Å². The van der Waals surface area contributed by atoms with Crippen LogP contribution in [-0.2, 0) is 9.47 Å². The van der Waals surface area contributed by atoms with E-state index in [-0.39, 0.29) is 36.5 Å². The Hall–Kier alpha value is -2.17. The van der Waals surface area contributed by atoms with Crippen molar-refractivity contribution >= 4 is 17.9 Å². The third-order valence-corrected chi connectivity index (χ3v) is 7.61. The Labute approximate surface area is 195 Å². The Balaban J connectivity index is 1.37. The van der Waals surface area contributed by atoms with Gasteiger partial charge >= 0.3 is 6.09 Å². The molecule has 2 bridgehead atoms. The average Bonchev–Trinajstić information content (AvgIpc) is 3.49. The van der Waals surface area contributed by atoms with Gasteiger partial charge in [-0.25, -0.2) is 15.2 Å². The number of hydrazine groups is 1. The van der Waals surface area contributed by atoms with Crippen molar-refractivity contribution in [3.63, 3.8) is 0 Å². The third kappa shape index (κ3) is 4.74. The SMILES string of the molecule is COC(=O)N1[C@@H]2CCC[C@H]1CC(N(C)c1nc(NC3CC(C)NN3)cc(C3CCCO3)n1)C2. The molecule has 10 nitrogen and oxygen atoms in total. The van der Waals surface area contributed by atoms with E-state index >= 15 is 0 Å². The number of anilines is 2. The smallest absolute Gasteiger partial charge is 0.409 e. The highest BCUT2D eigenvalue weighted by molar-refractivity contribution is 5.68. The number of hydrogen-bond acceptors (Lipinski definition) is 9. The van der Waals surface area contributed by atoms with E-state index < -0.39 is 0 Å². The highest BCUT2D eigenvalue weighted by Gasteiger charge is 2.43. The number of carbonyl (C=O) groups is 1. The monoisotopic (exact) mass is 459 g/mol. The zero-order chi connectivity index (χ0) is 22.9. The summed E-state index contributed by atoms with van der Waals surface area (Å²) in [7, 11) is 3.56. The van der Waals surface area contributed by atoms with Gasteiger partial charge in [0.05, 0.1) is 25.1 Å². The normalized spacial score (nSPS) is 33.7. The van der Waals surface area contributed by atoms with Crippen LogP contribution >= 0.6 is 0 Å². The zero-order valence-electron chi connectivity index (χ0n) is 19.9. The van der Waals surface area contributed by atoms with Gasteiger partial charge in [-0.2, -0.15) is 4.98 Å². The van der Waals surface area contributed by atoms with Crippen molar-refractivity contribution in [2.24, 2.45) is 0 Å². The lowest BCUT2D eigenvalue weighted by Crippen LogP contribution is -2.58. The van der Waals surface area contributed by atoms with E-state index in [1.54, 1.807) is 0 Å². The summed E-state index contributed by atoms with van der Waals surface area (Å²) in [6.45, 7) is 2.94. The minimum Gasteiger partial charge on any atom is -0.453 e. The van der Waals surface area contributed by atoms with Crippen molar-refractivity contribution in [1.29, 1.82) is 0 Å². The molecule has 33 heavy (non-hydrogen) atoms. The number of nitrogens with one attached hydrogen (secondary N) is 3. The largest absolute Gasteiger partial charge is 0.453 e. The first-order valence-corrected chi connectivity index (χ1v) is 12.4. The quantitative estimate of drug-likeness (QED) is 0.613. The van der Waals surface area contributed by atoms with Gasteiger partial charge in [0.1, 0.15) is 5.82 Å². The van der Waals surface area contributed by atoms with E-state index in [9.17, 15) is 4.79 Å². The van der Waals surface area contributed by atoms with Crippen molar-refractivity contribution in [2.75, 3.05) is 31.0 Å². The Morgan fingerprint density at radius 3 is 2.61 bits per heavy atom. The van der Waals surface area contributed by atoms with Crippen molar-refractivity contribution in [1.82, 2.24) is 25.7 Å². The maximum Gasteiger partial charge on any atom is 0.409 e. The van der Waals surface area contributed by atoms with E-state index in [0.29, 0.717) is 6.04 Å². The van der Waals surface area contributed by atoms with Crippen molar-refractivity contribution in [3.8, 4) is 0 Å². The van der Waals surface area contributed by atoms with Crippen LogP contribution in [0.15, 0.2) is 6.07 Å². The molecule has 0 spiro atoms. The van der Waals surface area contributed by atoms with Gasteiger partial charge in [0, 0.05) is 43.9 Å². The first-order chi connectivity index (χ1) is 16.0. The van der Waals surface area contributed by atoms with E-state index in [1.807, 2.05) is 11.0 Å². The maximum atomic E-state index is 12.4. The number of ether oxygens (including phenoxy) is 2. The molecule has 182 valence electrons. The van der Waals surface area contributed by atoms with Gasteiger partial charge in [-0.05, 0) is 58.3 Å². The molecule has 1 amide bonds. The maximum absolute atomic E-state index is 12.4. The number of piperidine rings is 2. The highest BCUT2D eigenvalue weighted by Crippen LogP contribution is 2.37. The lowest BCUT2D eigenvalue weighted by atomic mass is 9.81. The summed E-state index contributed by atoms with van der Waals surface area (Å²) in [5, 5.41) is 3.53. The molecule has 5 heterocycles. The predicted octanol–water partition coefficient (Wildman–Crippen LogP) is 2.54. The van der Waals surface area contributed by atoms with Gasteiger partial charge in [0.2, 0.25) is 5.95 Å². The highest BCUT2D eigenvalue weighted by atomic mass is 16.5. The van der Waals surface area contributed by atoms with Crippen molar-refractivity contribution < 1.29 is 14.3 Å². The van der Waals surface area contributed by atoms with Crippen LogP contribution < -0.4 is 21.1 Å². The second-order valence-corrected chi connectivity index (χ2v) is 9.95. The van der Waals surface area contributed by atoms with Gasteiger partial charge < -0.3 is 24.6 Å². The van der Waals surface area contributed by atoms with E-state index in [1.165, 1.54) is 13.5 Å². The fourth-order valence-corrected chi connectivity index (χ4v) is 5.88. The second-order valence-electron chi connectivity index (χ2n) is 9.95. The average molecular weight is 460 g/mol. The Morgan fingerprint density at radius 2 is 1.97 bits per heavy atom. The second kappa shape index (κ2) is 9.60. The Bertz CT molecular complexity index is 835. The number of rotatable bonds is 5. The molecule has 3 N–H and O–H groups in total. The van der Waals surface area contributed by atoms with Crippen LogP contribution in [0.1, 0.15) is 70.1 Å². The number of nitrogens with zero attached hydrogens (tertiary/aromatic N) is 4. The summed E-state index contributed by atoms with van der Waals surface area (Å²) < 4.78 is 11.0. The number of methoxy groups -OCH3 is 1. The summed E-state index contributed by atoms with van der Waals surface area (Å²) >= 11 is 0. The number of amides is 1. The molecule has 4 aliphatic heterocycles. The number of fused-ring (bicyclic) bond motifs is 2. The molecule has 4 saturated heterocycles. The van der Waals surface area contributed by atoms with Gasteiger partial charge in [0.25, 0.3) is 0 Å². The Morgan fingerprint density at radius 1 is 1.18 bits per heavy atom. The van der Waals surface area contributed by atoms with E-state index in [2.05, 4.69) is 35.0 Å². The molecule has 0 saturated carbocycles. The molecular weight excluding hydrogens is 422 g/mol. The van der Waals surface area contributed by atoms with Gasteiger partial charge in [0.15, 0.2) is 0 Å². The molecule has 4 fully saturated rings. The molecule has 0 aliphatic carbocycles. The summed E-state index contributed by atoms with van der Waals surface area (Å²) in [6, 6.07) is 3.15. The van der Waals surface area contributed by atoms with Crippen LogP contribution in [0.2, 0.25) is 0 Å². The predicted molar refractivity (Wildman–Crippen MR) is 125 cm³/mol. The lowest BCUT2D eigenvalue weighted by molar-refractivity contribution is 0.0260. The lowest BCUT2D eigenvalue weighted by Gasteiger charge is -2.49. The van der Waals surface area contributed by atoms with Crippen molar-refractivity contribution in [2.45, 2.75) is 94.7 Å². The molecular formula is C23H37N7O3. The summed E-state index contributed by atoms with van der Waals surface area (Å²) in [4.78, 5) is 26.4. The summed E-state index contributed by atoms with van der Waals surface area (Å²) in [6.07, 6.45) is 8.00. The molecule has 0 radical (unpaired) electrons. The molecule has 6 atom stereocenters. The van der Waals surface area contributed by atoms with E-state index in [4.69, 9.17) is 19.4 Å². The van der Waals surface area contributed by atoms with Crippen LogP contribution in [0.25, 0.3) is 0 Å². The Kier molecular flexibility index (Phi) is 6.58. The van der Waals surface area contributed by atoms with Crippen LogP contribution in [0.4, 0.5) is 16.6 Å². The van der Waals surface area contributed by atoms with Crippen LogP contribution in [0.5, 0.6) is 0 Å². The minimum absolute atomic E-state index is 0.0230. The number of hydrogen-bond donors (Lipinski definition) is 3. The van der Waals surface area contributed by atoms with Gasteiger partial charge in [-0.3, -0.25) is 5.43 Å². The first kappa shape index (κ1) is 22.6. The third-order valence-electron chi connectivity index (χ3n) is 7.61. The molecule has 1 aromatic rings. The first-order valence-electron chi connectivity index (χ1n) is 12.4. The molecule has 0 aromatic carbocycles. The van der Waals surface area contributed by atoms with Crippen molar-refractivity contribution in [3.05, 3.63) is 11.8 Å².